The van der Waals surface area contributed by atoms with Crippen LogP contribution in [0.4, 0.5) is 0 Å². The fourth-order valence-corrected chi connectivity index (χ4v) is 1.18. The SMILES string of the molecule is N=C(CC[N+](=O)[O-])Cc1ccc(Cl)nc1. The summed E-state index contributed by atoms with van der Waals surface area (Å²) >= 11 is 5.60. The minimum Gasteiger partial charge on any atom is -0.309 e. The van der Waals surface area contributed by atoms with Crippen molar-refractivity contribution in [2.24, 2.45) is 0 Å². The van der Waals surface area contributed by atoms with E-state index in [9.17, 15) is 10.1 Å². The fourth-order valence-electron chi connectivity index (χ4n) is 1.07. The van der Waals surface area contributed by atoms with Crippen LogP contribution in [-0.4, -0.2) is 22.2 Å². The van der Waals surface area contributed by atoms with E-state index < -0.39 is 4.92 Å². The molecule has 5 nitrogen and oxygen atoms in total. The second-order valence-electron chi connectivity index (χ2n) is 3.08. The maximum absolute atomic E-state index is 10.1. The summed E-state index contributed by atoms with van der Waals surface area (Å²) in [4.78, 5) is 13.5. The highest BCUT2D eigenvalue weighted by atomic mass is 35.5. The van der Waals surface area contributed by atoms with E-state index >= 15 is 0 Å². The van der Waals surface area contributed by atoms with Gasteiger partial charge in [-0.25, -0.2) is 4.98 Å². The van der Waals surface area contributed by atoms with Crippen LogP contribution in [0.5, 0.6) is 0 Å². The van der Waals surface area contributed by atoms with Gasteiger partial charge in [-0.3, -0.25) is 10.1 Å². The van der Waals surface area contributed by atoms with Crippen molar-refractivity contribution in [3.63, 3.8) is 0 Å². The summed E-state index contributed by atoms with van der Waals surface area (Å²) in [5.74, 6) is 0. The van der Waals surface area contributed by atoms with Crippen LogP contribution in [0.25, 0.3) is 0 Å². The van der Waals surface area contributed by atoms with Crippen LogP contribution in [0, 0.1) is 15.5 Å². The molecule has 0 aliphatic carbocycles. The lowest BCUT2D eigenvalue weighted by Crippen LogP contribution is -2.09. The molecule has 0 unspecified atom stereocenters. The van der Waals surface area contributed by atoms with Crippen molar-refractivity contribution in [2.75, 3.05) is 6.54 Å². The van der Waals surface area contributed by atoms with E-state index in [0.717, 1.165) is 5.56 Å². The molecule has 0 amide bonds. The number of rotatable bonds is 5. The first kappa shape index (κ1) is 11.6. The molecule has 1 aromatic heterocycles. The normalized spacial score (nSPS) is 9.93. The molecule has 0 saturated carbocycles. The first-order valence-corrected chi connectivity index (χ1v) is 4.74. The molecule has 0 aliphatic heterocycles. The van der Waals surface area contributed by atoms with E-state index in [2.05, 4.69) is 4.98 Å². The van der Waals surface area contributed by atoms with Gasteiger partial charge in [0.2, 0.25) is 6.54 Å². The number of nitro groups is 1. The molecule has 1 rings (SSSR count). The van der Waals surface area contributed by atoms with Crippen LogP contribution >= 0.6 is 11.6 Å². The molecule has 6 heteroatoms. The van der Waals surface area contributed by atoms with E-state index in [0.29, 0.717) is 17.3 Å². The topological polar surface area (TPSA) is 79.9 Å². The quantitative estimate of drug-likeness (QED) is 0.361. The van der Waals surface area contributed by atoms with Crippen molar-refractivity contribution < 1.29 is 4.92 Å². The first-order valence-electron chi connectivity index (χ1n) is 4.36. The van der Waals surface area contributed by atoms with Crippen molar-refractivity contribution >= 4 is 17.3 Å². The minimum absolute atomic E-state index is 0.176. The zero-order valence-electron chi connectivity index (χ0n) is 7.94. The molecule has 0 aromatic carbocycles. The van der Waals surface area contributed by atoms with Crippen molar-refractivity contribution in [2.45, 2.75) is 12.8 Å². The number of hydrogen-bond donors (Lipinski definition) is 1. The number of pyridine rings is 1. The molecule has 1 aromatic rings. The van der Waals surface area contributed by atoms with Gasteiger partial charge in [-0.2, -0.15) is 0 Å². The average molecular weight is 228 g/mol. The zero-order chi connectivity index (χ0) is 11.3. The van der Waals surface area contributed by atoms with Crippen LogP contribution in [-0.2, 0) is 6.42 Å². The third kappa shape index (κ3) is 4.51. The van der Waals surface area contributed by atoms with Gasteiger partial charge in [0, 0.05) is 23.3 Å². The van der Waals surface area contributed by atoms with E-state index in [1.54, 1.807) is 18.3 Å². The summed E-state index contributed by atoms with van der Waals surface area (Å²) in [5, 5.41) is 18.0. The predicted octanol–water partition coefficient (Wildman–Crippen LogP) is 1.96. The molecular formula is C9H10ClN3O2. The lowest BCUT2D eigenvalue weighted by atomic mass is 10.1. The zero-order valence-corrected chi connectivity index (χ0v) is 8.70. The number of aromatic nitrogens is 1. The van der Waals surface area contributed by atoms with Crippen molar-refractivity contribution in [1.82, 2.24) is 4.98 Å². The molecule has 80 valence electrons. The number of nitrogens with one attached hydrogen (secondary N) is 1. The second kappa shape index (κ2) is 5.41. The van der Waals surface area contributed by atoms with E-state index in [4.69, 9.17) is 17.0 Å². The molecule has 0 saturated heterocycles. The highest BCUT2D eigenvalue weighted by molar-refractivity contribution is 6.29. The standard InChI is InChI=1S/C9H10ClN3O2/c10-9-2-1-7(6-12-9)5-8(11)3-4-13(14)15/h1-2,6,11H,3-5H2. The lowest BCUT2D eigenvalue weighted by Gasteiger charge is -2.01. The fraction of sp³-hybridized carbons (Fsp3) is 0.333. The van der Waals surface area contributed by atoms with Gasteiger partial charge in [-0.15, -0.1) is 0 Å². The monoisotopic (exact) mass is 227 g/mol. The summed E-state index contributed by atoms with van der Waals surface area (Å²) in [6.45, 7) is -0.195. The molecule has 1 heterocycles. The van der Waals surface area contributed by atoms with Gasteiger partial charge in [-0.05, 0) is 11.6 Å². The van der Waals surface area contributed by atoms with Crippen LogP contribution in [0.15, 0.2) is 18.3 Å². The maximum Gasteiger partial charge on any atom is 0.209 e. The number of halogens is 1. The predicted molar refractivity (Wildman–Crippen MR) is 57.2 cm³/mol. The van der Waals surface area contributed by atoms with Gasteiger partial charge in [0.05, 0.1) is 6.42 Å². The van der Waals surface area contributed by atoms with Crippen LogP contribution < -0.4 is 0 Å². The highest BCUT2D eigenvalue weighted by Gasteiger charge is 2.04. The Hall–Kier alpha value is -1.49. The van der Waals surface area contributed by atoms with Crippen molar-refractivity contribution in [3.8, 4) is 0 Å². The van der Waals surface area contributed by atoms with Gasteiger partial charge >= 0.3 is 0 Å². The Morgan fingerprint density at radius 2 is 2.33 bits per heavy atom. The van der Waals surface area contributed by atoms with Crippen molar-refractivity contribution in [3.05, 3.63) is 39.2 Å². The molecule has 0 spiro atoms. The Labute approximate surface area is 91.8 Å². The molecule has 15 heavy (non-hydrogen) atoms. The molecule has 0 atom stereocenters. The van der Waals surface area contributed by atoms with Crippen molar-refractivity contribution in [1.29, 1.82) is 5.41 Å². The van der Waals surface area contributed by atoms with E-state index in [1.807, 2.05) is 0 Å². The maximum atomic E-state index is 10.1. The summed E-state index contributed by atoms with van der Waals surface area (Å²) in [5.41, 5.74) is 1.17. The van der Waals surface area contributed by atoms with E-state index in [-0.39, 0.29) is 13.0 Å². The molecule has 0 fully saturated rings. The van der Waals surface area contributed by atoms with Crippen LogP contribution in [0.2, 0.25) is 5.15 Å². The van der Waals surface area contributed by atoms with Gasteiger partial charge in [0.25, 0.3) is 0 Å². The van der Waals surface area contributed by atoms with Gasteiger partial charge in [0.1, 0.15) is 5.15 Å². The average Bonchev–Trinajstić information content (AvgIpc) is 2.19. The van der Waals surface area contributed by atoms with E-state index in [1.165, 1.54) is 0 Å². The summed E-state index contributed by atoms with van der Waals surface area (Å²) in [7, 11) is 0. The van der Waals surface area contributed by atoms with Gasteiger partial charge < -0.3 is 5.41 Å². The lowest BCUT2D eigenvalue weighted by molar-refractivity contribution is -0.478. The van der Waals surface area contributed by atoms with Gasteiger partial charge in [0.15, 0.2) is 0 Å². The smallest absolute Gasteiger partial charge is 0.209 e. The number of hydrogen-bond acceptors (Lipinski definition) is 4. The molecule has 0 radical (unpaired) electrons. The Balaban J connectivity index is 2.44. The van der Waals surface area contributed by atoms with Crippen LogP contribution in [0.3, 0.4) is 0 Å². The highest BCUT2D eigenvalue weighted by Crippen LogP contribution is 2.06. The largest absolute Gasteiger partial charge is 0.309 e. The summed E-state index contributed by atoms with van der Waals surface area (Å²) < 4.78 is 0. The summed E-state index contributed by atoms with van der Waals surface area (Å²) in [6.07, 6.45) is 2.14. The Morgan fingerprint density at radius 3 is 2.87 bits per heavy atom. The summed E-state index contributed by atoms with van der Waals surface area (Å²) in [6, 6.07) is 3.40. The van der Waals surface area contributed by atoms with Crippen LogP contribution in [0.1, 0.15) is 12.0 Å². The molecule has 1 N–H and O–H groups in total. The molecule has 0 aliphatic rings. The molecular weight excluding hydrogens is 218 g/mol. The third-order valence-electron chi connectivity index (χ3n) is 1.80. The Kier molecular flexibility index (Phi) is 4.17. The minimum atomic E-state index is -0.422. The van der Waals surface area contributed by atoms with Gasteiger partial charge in [-0.1, -0.05) is 17.7 Å². The third-order valence-corrected chi connectivity index (χ3v) is 2.03. The number of nitrogens with zero attached hydrogens (tertiary/aromatic N) is 2. The second-order valence-corrected chi connectivity index (χ2v) is 3.46. The first-order chi connectivity index (χ1) is 7.08. The Bertz CT molecular complexity index is 364. The molecule has 0 bridgehead atoms. The Morgan fingerprint density at radius 1 is 1.60 bits per heavy atom.